The highest BCUT2D eigenvalue weighted by atomic mass is 19.4. The molecule has 102 valence electrons. The SMILES string of the molecule is CCC(C)NCC(C)N(CC(F)(F)F)C1CC1. The fraction of sp³-hybridized carbons (Fsp3) is 1.00. The van der Waals surface area contributed by atoms with E-state index >= 15 is 0 Å². The largest absolute Gasteiger partial charge is 0.401 e. The smallest absolute Gasteiger partial charge is 0.313 e. The minimum Gasteiger partial charge on any atom is -0.313 e. The Labute approximate surface area is 102 Å². The molecule has 1 N–H and O–H groups in total. The quantitative estimate of drug-likeness (QED) is 0.749. The molecule has 1 saturated carbocycles. The van der Waals surface area contributed by atoms with Crippen LogP contribution in [0, 0.1) is 0 Å². The summed E-state index contributed by atoms with van der Waals surface area (Å²) in [7, 11) is 0. The van der Waals surface area contributed by atoms with Crippen LogP contribution in [-0.4, -0.2) is 42.3 Å². The molecule has 0 bridgehead atoms. The first-order valence-electron chi connectivity index (χ1n) is 6.39. The molecule has 2 unspecified atom stereocenters. The third kappa shape index (κ3) is 5.73. The molecule has 0 radical (unpaired) electrons. The Balaban J connectivity index is 2.41. The Kier molecular flexibility index (Phi) is 5.25. The van der Waals surface area contributed by atoms with Gasteiger partial charge in [-0.05, 0) is 33.1 Å². The Morgan fingerprint density at radius 2 is 1.88 bits per heavy atom. The number of nitrogens with zero attached hydrogens (tertiary/aromatic N) is 1. The van der Waals surface area contributed by atoms with Gasteiger partial charge in [-0.25, -0.2) is 0 Å². The summed E-state index contributed by atoms with van der Waals surface area (Å²) >= 11 is 0. The molecule has 0 amide bonds. The average molecular weight is 252 g/mol. The Hall–Kier alpha value is -0.290. The second-order valence-electron chi connectivity index (χ2n) is 5.09. The number of hydrogen-bond acceptors (Lipinski definition) is 2. The van der Waals surface area contributed by atoms with Gasteiger partial charge in [0.25, 0.3) is 0 Å². The predicted octanol–water partition coefficient (Wildman–Crippen LogP) is 2.79. The minimum atomic E-state index is -4.09. The molecule has 2 nitrogen and oxygen atoms in total. The molecule has 0 spiro atoms. The van der Waals surface area contributed by atoms with Gasteiger partial charge in [-0.15, -0.1) is 0 Å². The van der Waals surface area contributed by atoms with Crippen LogP contribution >= 0.6 is 0 Å². The molecule has 0 heterocycles. The van der Waals surface area contributed by atoms with Crippen molar-refractivity contribution in [1.82, 2.24) is 10.2 Å². The first-order valence-corrected chi connectivity index (χ1v) is 6.39. The van der Waals surface area contributed by atoms with Crippen LogP contribution in [0.1, 0.15) is 40.0 Å². The molecule has 0 saturated heterocycles. The van der Waals surface area contributed by atoms with Crippen molar-refractivity contribution >= 4 is 0 Å². The van der Waals surface area contributed by atoms with Gasteiger partial charge in [-0.2, -0.15) is 13.2 Å². The van der Waals surface area contributed by atoms with Crippen molar-refractivity contribution in [3.63, 3.8) is 0 Å². The van der Waals surface area contributed by atoms with Crippen molar-refractivity contribution in [3.05, 3.63) is 0 Å². The van der Waals surface area contributed by atoms with E-state index in [2.05, 4.69) is 19.2 Å². The Morgan fingerprint density at radius 3 is 2.29 bits per heavy atom. The van der Waals surface area contributed by atoms with E-state index in [1.807, 2.05) is 6.92 Å². The number of rotatable bonds is 7. The molecule has 2 atom stereocenters. The minimum absolute atomic E-state index is 0.0573. The maximum Gasteiger partial charge on any atom is 0.401 e. The molecule has 17 heavy (non-hydrogen) atoms. The summed E-state index contributed by atoms with van der Waals surface area (Å²) in [5.74, 6) is 0. The monoisotopic (exact) mass is 252 g/mol. The summed E-state index contributed by atoms with van der Waals surface area (Å²) in [6.07, 6.45) is -1.28. The predicted molar refractivity (Wildman–Crippen MR) is 63.0 cm³/mol. The summed E-state index contributed by atoms with van der Waals surface area (Å²) in [4.78, 5) is 1.59. The molecule has 1 aliphatic rings. The van der Waals surface area contributed by atoms with Crippen molar-refractivity contribution in [1.29, 1.82) is 0 Å². The fourth-order valence-electron chi connectivity index (χ4n) is 1.89. The van der Waals surface area contributed by atoms with Crippen LogP contribution in [0.4, 0.5) is 13.2 Å². The summed E-state index contributed by atoms with van der Waals surface area (Å²) in [6, 6.07) is 0.452. The van der Waals surface area contributed by atoms with Gasteiger partial charge >= 0.3 is 6.18 Å². The second-order valence-corrected chi connectivity index (χ2v) is 5.09. The maximum atomic E-state index is 12.5. The zero-order valence-electron chi connectivity index (χ0n) is 10.8. The summed E-state index contributed by atoms with van der Waals surface area (Å²) in [5, 5.41) is 3.27. The zero-order valence-corrected chi connectivity index (χ0v) is 10.8. The van der Waals surface area contributed by atoms with Crippen molar-refractivity contribution < 1.29 is 13.2 Å². The van der Waals surface area contributed by atoms with E-state index in [1.54, 1.807) is 4.90 Å². The van der Waals surface area contributed by atoms with Crippen LogP contribution in [0.3, 0.4) is 0 Å². The van der Waals surface area contributed by atoms with E-state index in [1.165, 1.54) is 0 Å². The van der Waals surface area contributed by atoms with E-state index in [-0.39, 0.29) is 12.1 Å². The lowest BCUT2D eigenvalue weighted by Gasteiger charge is -2.31. The highest BCUT2D eigenvalue weighted by Gasteiger charge is 2.39. The van der Waals surface area contributed by atoms with E-state index in [0.29, 0.717) is 12.6 Å². The highest BCUT2D eigenvalue weighted by molar-refractivity contribution is 4.89. The Bertz CT molecular complexity index is 226. The van der Waals surface area contributed by atoms with Gasteiger partial charge in [-0.3, -0.25) is 4.90 Å². The van der Waals surface area contributed by atoms with Gasteiger partial charge in [0.1, 0.15) is 0 Å². The molecule has 0 aromatic rings. The number of alkyl halides is 3. The van der Waals surface area contributed by atoms with Gasteiger partial charge in [0, 0.05) is 24.7 Å². The first kappa shape index (κ1) is 14.8. The number of halogens is 3. The standard InChI is InChI=1S/C12H23F3N2/c1-4-9(2)16-7-10(3)17(11-5-6-11)8-12(13,14)15/h9-11,16H,4-8H2,1-3H3. The first-order chi connectivity index (χ1) is 7.83. The normalized spacial score (nSPS) is 20.6. The lowest BCUT2D eigenvalue weighted by atomic mass is 10.2. The third-order valence-corrected chi connectivity index (χ3v) is 3.32. The van der Waals surface area contributed by atoms with E-state index in [0.717, 1.165) is 19.3 Å². The molecule has 1 rings (SSSR count). The van der Waals surface area contributed by atoms with Gasteiger partial charge in [0.05, 0.1) is 6.54 Å². The summed E-state index contributed by atoms with van der Waals surface area (Å²) in [6.45, 7) is 5.84. The van der Waals surface area contributed by atoms with Crippen molar-refractivity contribution in [2.24, 2.45) is 0 Å². The van der Waals surface area contributed by atoms with Crippen molar-refractivity contribution in [3.8, 4) is 0 Å². The van der Waals surface area contributed by atoms with Crippen LogP contribution in [0.15, 0.2) is 0 Å². The van der Waals surface area contributed by atoms with Gasteiger partial charge in [0.2, 0.25) is 0 Å². The number of hydrogen-bond donors (Lipinski definition) is 1. The van der Waals surface area contributed by atoms with E-state index in [4.69, 9.17) is 0 Å². The van der Waals surface area contributed by atoms with Gasteiger partial charge in [0.15, 0.2) is 0 Å². The van der Waals surface area contributed by atoms with E-state index < -0.39 is 12.7 Å². The van der Waals surface area contributed by atoms with Crippen LogP contribution in [-0.2, 0) is 0 Å². The molecule has 1 fully saturated rings. The summed E-state index contributed by atoms with van der Waals surface area (Å²) in [5.41, 5.74) is 0. The zero-order chi connectivity index (χ0) is 13.1. The third-order valence-electron chi connectivity index (χ3n) is 3.32. The fourth-order valence-corrected chi connectivity index (χ4v) is 1.89. The topological polar surface area (TPSA) is 15.3 Å². The van der Waals surface area contributed by atoms with E-state index in [9.17, 15) is 13.2 Å². The summed E-state index contributed by atoms with van der Waals surface area (Å²) < 4.78 is 37.4. The molecule has 0 aliphatic heterocycles. The van der Waals surface area contributed by atoms with Crippen LogP contribution < -0.4 is 5.32 Å². The van der Waals surface area contributed by atoms with Gasteiger partial charge in [-0.1, -0.05) is 6.92 Å². The molecular formula is C12H23F3N2. The molecular weight excluding hydrogens is 229 g/mol. The molecule has 0 aromatic carbocycles. The molecule has 0 aromatic heterocycles. The molecule has 5 heteroatoms. The lowest BCUT2D eigenvalue weighted by molar-refractivity contribution is -0.151. The lowest BCUT2D eigenvalue weighted by Crippen LogP contribution is -2.47. The van der Waals surface area contributed by atoms with Crippen LogP contribution in [0.2, 0.25) is 0 Å². The maximum absolute atomic E-state index is 12.5. The Morgan fingerprint density at radius 1 is 1.29 bits per heavy atom. The van der Waals surface area contributed by atoms with Crippen molar-refractivity contribution in [2.45, 2.75) is 64.3 Å². The van der Waals surface area contributed by atoms with Crippen molar-refractivity contribution in [2.75, 3.05) is 13.1 Å². The van der Waals surface area contributed by atoms with Crippen LogP contribution in [0.5, 0.6) is 0 Å². The average Bonchev–Trinajstić information content (AvgIpc) is 3.04. The number of nitrogens with one attached hydrogen (secondary N) is 1. The highest BCUT2D eigenvalue weighted by Crippen LogP contribution is 2.31. The van der Waals surface area contributed by atoms with Gasteiger partial charge < -0.3 is 5.32 Å². The second kappa shape index (κ2) is 6.05. The van der Waals surface area contributed by atoms with Crippen LogP contribution in [0.25, 0.3) is 0 Å². The molecule has 1 aliphatic carbocycles.